The summed E-state index contributed by atoms with van der Waals surface area (Å²) in [5.41, 5.74) is 8.60. The predicted molar refractivity (Wildman–Crippen MR) is 97.0 cm³/mol. The Hall–Kier alpha value is -1.06. The summed E-state index contributed by atoms with van der Waals surface area (Å²) in [6, 6.07) is 9.49. The molecule has 2 aliphatic rings. The van der Waals surface area contributed by atoms with Crippen molar-refractivity contribution in [2.45, 2.75) is 69.9 Å². The van der Waals surface area contributed by atoms with Crippen molar-refractivity contribution in [3.63, 3.8) is 0 Å². The molecule has 3 rings (SSSR count). The van der Waals surface area contributed by atoms with Crippen LogP contribution in [-0.2, 0) is 4.79 Å². The third-order valence-electron chi connectivity index (χ3n) is 5.28. The number of carbonyl (C=O) groups excluding carboxylic acids is 1. The summed E-state index contributed by atoms with van der Waals surface area (Å²) in [4.78, 5) is 12.4. The molecule has 0 aromatic heterocycles. The van der Waals surface area contributed by atoms with Gasteiger partial charge in [-0.25, -0.2) is 0 Å². The Morgan fingerprint density at radius 3 is 2.30 bits per heavy atom. The normalized spacial score (nSPS) is 29.7. The maximum absolute atomic E-state index is 12.4. The summed E-state index contributed by atoms with van der Waals surface area (Å²) in [5, 5.41) is 3.24. The average Bonchev–Trinajstić information content (AvgIpc) is 3.30. The molecule has 0 aliphatic heterocycles. The van der Waals surface area contributed by atoms with Gasteiger partial charge < -0.3 is 11.1 Å². The maximum atomic E-state index is 12.4. The molecule has 23 heavy (non-hydrogen) atoms. The van der Waals surface area contributed by atoms with E-state index in [2.05, 4.69) is 43.4 Å². The second-order valence-electron chi connectivity index (χ2n) is 7.39. The van der Waals surface area contributed by atoms with Crippen LogP contribution in [0.15, 0.2) is 24.3 Å². The van der Waals surface area contributed by atoms with Gasteiger partial charge in [0.05, 0.1) is 0 Å². The van der Waals surface area contributed by atoms with Crippen LogP contribution in [0.5, 0.6) is 0 Å². The van der Waals surface area contributed by atoms with Crippen LogP contribution in [0, 0.1) is 5.92 Å². The van der Waals surface area contributed by atoms with Crippen molar-refractivity contribution >= 4 is 18.3 Å². The van der Waals surface area contributed by atoms with Crippen molar-refractivity contribution in [1.82, 2.24) is 5.32 Å². The van der Waals surface area contributed by atoms with E-state index in [1.165, 1.54) is 11.1 Å². The standard InChI is InChI=1S/C19H28N2O.ClH/c1-12(2)13-3-5-14(6-4-13)17-11-18(17)19(22)21-16-9-7-15(20)8-10-16;/h3-6,12,15-18H,7-11,20H2,1-2H3,(H,21,22);1H. The predicted octanol–water partition coefficient (Wildman–Crippen LogP) is 3.72. The van der Waals surface area contributed by atoms with E-state index in [-0.39, 0.29) is 24.2 Å². The molecule has 0 spiro atoms. The Morgan fingerprint density at radius 1 is 1.13 bits per heavy atom. The van der Waals surface area contributed by atoms with E-state index in [1.807, 2.05) is 0 Å². The van der Waals surface area contributed by atoms with Crippen LogP contribution >= 0.6 is 12.4 Å². The number of hydrogen-bond donors (Lipinski definition) is 2. The summed E-state index contributed by atoms with van der Waals surface area (Å²) in [6.07, 6.45) is 5.14. The Morgan fingerprint density at radius 2 is 1.74 bits per heavy atom. The van der Waals surface area contributed by atoms with Crippen LogP contribution < -0.4 is 11.1 Å². The molecular formula is C19H29ClN2O. The van der Waals surface area contributed by atoms with Gasteiger partial charge in [-0.15, -0.1) is 12.4 Å². The first-order chi connectivity index (χ1) is 10.5. The van der Waals surface area contributed by atoms with E-state index in [4.69, 9.17) is 5.73 Å². The van der Waals surface area contributed by atoms with Crippen molar-refractivity contribution in [3.05, 3.63) is 35.4 Å². The van der Waals surface area contributed by atoms with Gasteiger partial charge in [0.2, 0.25) is 5.91 Å². The number of amides is 1. The first-order valence-corrected chi connectivity index (χ1v) is 8.70. The number of nitrogens with one attached hydrogen (secondary N) is 1. The van der Waals surface area contributed by atoms with Gasteiger partial charge in [-0.1, -0.05) is 38.1 Å². The Kier molecular flexibility index (Phi) is 6.10. The molecule has 0 radical (unpaired) electrons. The second kappa shape index (κ2) is 7.67. The van der Waals surface area contributed by atoms with Crippen LogP contribution in [0.3, 0.4) is 0 Å². The van der Waals surface area contributed by atoms with Crippen LogP contribution in [0.1, 0.15) is 68.9 Å². The van der Waals surface area contributed by atoms with E-state index in [0.29, 0.717) is 23.9 Å². The Bertz CT molecular complexity index is 521. The van der Waals surface area contributed by atoms with Gasteiger partial charge in [-0.2, -0.15) is 0 Å². The smallest absolute Gasteiger partial charge is 0.223 e. The van der Waals surface area contributed by atoms with Gasteiger partial charge in [-0.3, -0.25) is 4.79 Å². The highest BCUT2D eigenvalue weighted by Crippen LogP contribution is 2.47. The Balaban J connectivity index is 0.00000192. The van der Waals surface area contributed by atoms with Crippen molar-refractivity contribution in [3.8, 4) is 0 Å². The SMILES string of the molecule is CC(C)c1ccc(C2CC2C(=O)NC2CCC(N)CC2)cc1.Cl. The van der Waals surface area contributed by atoms with Crippen LogP contribution in [-0.4, -0.2) is 18.0 Å². The number of halogens is 1. The van der Waals surface area contributed by atoms with Crippen molar-refractivity contribution in [1.29, 1.82) is 0 Å². The zero-order valence-corrected chi connectivity index (χ0v) is 14.9. The number of benzene rings is 1. The molecule has 1 amide bonds. The average molecular weight is 337 g/mol. The summed E-state index contributed by atoms with van der Waals surface area (Å²) in [7, 11) is 0. The molecule has 1 aromatic carbocycles. The number of carbonyl (C=O) groups is 1. The van der Waals surface area contributed by atoms with Crippen molar-refractivity contribution in [2.75, 3.05) is 0 Å². The lowest BCUT2D eigenvalue weighted by Gasteiger charge is -2.26. The minimum absolute atomic E-state index is 0. The quantitative estimate of drug-likeness (QED) is 0.880. The second-order valence-corrected chi connectivity index (χ2v) is 7.39. The van der Waals surface area contributed by atoms with E-state index in [0.717, 1.165) is 32.1 Å². The van der Waals surface area contributed by atoms with E-state index in [1.54, 1.807) is 0 Å². The minimum Gasteiger partial charge on any atom is -0.353 e. The fourth-order valence-electron chi connectivity index (χ4n) is 3.55. The molecule has 3 N–H and O–H groups in total. The topological polar surface area (TPSA) is 55.1 Å². The molecule has 0 bridgehead atoms. The molecule has 0 saturated heterocycles. The largest absolute Gasteiger partial charge is 0.353 e. The molecular weight excluding hydrogens is 308 g/mol. The molecule has 2 saturated carbocycles. The van der Waals surface area contributed by atoms with Crippen molar-refractivity contribution in [2.24, 2.45) is 11.7 Å². The molecule has 2 atom stereocenters. The number of nitrogens with two attached hydrogens (primary N) is 1. The lowest BCUT2D eigenvalue weighted by molar-refractivity contribution is -0.123. The summed E-state index contributed by atoms with van der Waals surface area (Å²) >= 11 is 0. The highest BCUT2D eigenvalue weighted by atomic mass is 35.5. The van der Waals surface area contributed by atoms with E-state index in [9.17, 15) is 4.79 Å². The molecule has 4 heteroatoms. The van der Waals surface area contributed by atoms with Gasteiger partial charge >= 0.3 is 0 Å². The fraction of sp³-hybridized carbons (Fsp3) is 0.632. The zero-order valence-electron chi connectivity index (χ0n) is 14.1. The lowest BCUT2D eigenvalue weighted by atomic mass is 9.91. The minimum atomic E-state index is 0. The van der Waals surface area contributed by atoms with Gasteiger partial charge in [0.1, 0.15) is 0 Å². The van der Waals surface area contributed by atoms with Crippen LogP contribution in [0.2, 0.25) is 0 Å². The third kappa shape index (κ3) is 4.48. The third-order valence-corrected chi connectivity index (χ3v) is 5.28. The lowest BCUT2D eigenvalue weighted by Crippen LogP contribution is -2.41. The molecule has 2 aliphatic carbocycles. The highest BCUT2D eigenvalue weighted by molar-refractivity contribution is 5.85. The van der Waals surface area contributed by atoms with E-state index >= 15 is 0 Å². The maximum Gasteiger partial charge on any atom is 0.223 e. The fourth-order valence-corrected chi connectivity index (χ4v) is 3.55. The van der Waals surface area contributed by atoms with Crippen molar-refractivity contribution < 1.29 is 4.79 Å². The zero-order chi connectivity index (χ0) is 15.7. The summed E-state index contributed by atoms with van der Waals surface area (Å²) < 4.78 is 0. The van der Waals surface area contributed by atoms with E-state index < -0.39 is 0 Å². The number of rotatable bonds is 4. The highest BCUT2D eigenvalue weighted by Gasteiger charge is 2.44. The van der Waals surface area contributed by atoms with Gasteiger partial charge in [-0.05, 0) is 55.1 Å². The molecule has 2 unspecified atom stereocenters. The Labute approximate surface area is 145 Å². The molecule has 3 nitrogen and oxygen atoms in total. The monoisotopic (exact) mass is 336 g/mol. The number of hydrogen-bond acceptors (Lipinski definition) is 2. The van der Waals surface area contributed by atoms with Gasteiger partial charge in [0, 0.05) is 18.0 Å². The van der Waals surface area contributed by atoms with Gasteiger partial charge in [0.15, 0.2) is 0 Å². The van der Waals surface area contributed by atoms with Gasteiger partial charge in [0.25, 0.3) is 0 Å². The summed E-state index contributed by atoms with van der Waals surface area (Å²) in [5.74, 6) is 1.41. The summed E-state index contributed by atoms with van der Waals surface area (Å²) in [6.45, 7) is 4.41. The molecule has 128 valence electrons. The molecule has 0 heterocycles. The first kappa shape index (κ1) is 18.3. The van der Waals surface area contributed by atoms with Crippen LogP contribution in [0.25, 0.3) is 0 Å². The first-order valence-electron chi connectivity index (χ1n) is 8.70. The molecule has 2 fully saturated rings. The molecule has 1 aromatic rings. The van der Waals surface area contributed by atoms with Crippen LogP contribution in [0.4, 0.5) is 0 Å².